The normalized spacial score (nSPS) is 17.1. The van der Waals surface area contributed by atoms with Gasteiger partial charge in [0.1, 0.15) is 0 Å². The van der Waals surface area contributed by atoms with Crippen LogP contribution in [0.1, 0.15) is 29.5 Å². The minimum absolute atomic E-state index is 0.162. The van der Waals surface area contributed by atoms with Gasteiger partial charge in [0, 0.05) is 5.56 Å². The van der Waals surface area contributed by atoms with Gasteiger partial charge >= 0.3 is 5.91 Å². The maximum absolute atomic E-state index is 12.4. The molecule has 2 aromatic carbocycles. The summed E-state index contributed by atoms with van der Waals surface area (Å²) in [7, 11) is 0. The van der Waals surface area contributed by atoms with Gasteiger partial charge in [-0.1, -0.05) is 67.2 Å². The molecule has 1 aliphatic rings. The second-order valence-corrected chi connectivity index (χ2v) is 8.57. The van der Waals surface area contributed by atoms with Crippen LogP contribution in [0.2, 0.25) is 0 Å². The topological polar surface area (TPSA) is 112 Å². The molecule has 10 heteroatoms. The number of carbonyl (C=O) groups is 1. The van der Waals surface area contributed by atoms with Gasteiger partial charge in [-0.3, -0.25) is 9.80 Å². The van der Waals surface area contributed by atoms with Gasteiger partial charge in [-0.2, -0.15) is 4.99 Å². The number of H-pyrrole nitrogens is 1. The van der Waals surface area contributed by atoms with Crippen molar-refractivity contribution in [2.75, 3.05) is 0 Å². The molecule has 9 nitrogen and oxygen atoms in total. The summed E-state index contributed by atoms with van der Waals surface area (Å²) in [4.78, 5) is 16.7. The summed E-state index contributed by atoms with van der Waals surface area (Å²) < 4.78 is 5.18. The van der Waals surface area contributed by atoms with Crippen LogP contribution in [0.5, 0.6) is 0 Å². The van der Waals surface area contributed by atoms with E-state index in [0.717, 1.165) is 28.7 Å². The van der Waals surface area contributed by atoms with Crippen LogP contribution in [0.4, 0.5) is 0 Å². The first-order chi connectivity index (χ1) is 16.2. The van der Waals surface area contributed by atoms with Crippen LogP contribution < -0.4 is 5.43 Å². The van der Waals surface area contributed by atoms with Gasteiger partial charge in [0.05, 0.1) is 18.2 Å². The number of aliphatic imine (C=N–C) groups is 1. The summed E-state index contributed by atoms with van der Waals surface area (Å²) in [5.74, 6) is 0.466. The minimum atomic E-state index is -0.389. The summed E-state index contributed by atoms with van der Waals surface area (Å²) in [5.41, 5.74) is 7.53. The lowest BCUT2D eigenvalue weighted by Crippen LogP contribution is -2.37. The number of thioether (sulfide) groups is 1. The Morgan fingerprint density at radius 1 is 1.12 bits per heavy atom. The number of furan rings is 1. The number of nitrogens with zero attached hydrogens (tertiary/aromatic N) is 5. The van der Waals surface area contributed by atoms with Crippen LogP contribution in [0.15, 0.2) is 76.3 Å². The molecule has 5 rings (SSSR count). The smallest absolute Gasteiger partial charge is 0.315 e. The van der Waals surface area contributed by atoms with Crippen LogP contribution in [-0.4, -0.2) is 42.1 Å². The van der Waals surface area contributed by atoms with E-state index in [-0.39, 0.29) is 17.0 Å². The number of nitrogens with one attached hydrogen (secondary N) is 2. The lowest BCUT2D eigenvalue weighted by Gasteiger charge is -2.19. The van der Waals surface area contributed by atoms with Crippen molar-refractivity contribution < 1.29 is 9.21 Å². The number of hydrogen-bond acceptors (Lipinski definition) is 7. The molecule has 1 amide bonds. The molecule has 0 aliphatic carbocycles. The standard InChI is InChI=1S/C23H21N7O2S/c1-2-20-27-30(23(33-20)24-22(31)19-8-5-13-32-19)14-15-9-11-16(12-10-15)17-6-3-4-7-18(17)21-25-28-29-26-21/h3-13,20,27H,2,14H2,1H3,(H,25,26,28,29). The Kier molecular flexibility index (Phi) is 6.01. The van der Waals surface area contributed by atoms with E-state index in [0.29, 0.717) is 17.5 Å². The van der Waals surface area contributed by atoms with Gasteiger partial charge in [-0.15, -0.1) is 5.10 Å². The molecule has 1 saturated heterocycles. The lowest BCUT2D eigenvalue weighted by molar-refractivity contribution is 0.0974. The summed E-state index contributed by atoms with van der Waals surface area (Å²) in [6.07, 6.45) is 2.38. The van der Waals surface area contributed by atoms with E-state index in [1.165, 1.54) is 6.26 Å². The van der Waals surface area contributed by atoms with Crippen LogP contribution in [0.25, 0.3) is 22.5 Å². The van der Waals surface area contributed by atoms with Crippen molar-refractivity contribution in [3.8, 4) is 22.5 Å². The van der Waals surface area contributed by atoms with Crippen LogP contribution in [0.3, 0.4) is 0 Å². The molecule has 4 aromatic rings. The number of amidine groups is 1. The zero-order valence-electron chi connectivity index (χ0n) is 17.8. The van der Waals surface area contributed by atoms with Crippen molar-refractivity contribution in [2.45, 2.75) is 25.3 Å². The molecule has 1 atom stereocenters. The highest BCUT2D eigenvalue weighted by molar-refractivity contribution is 8.14. The summed E-state index contributed by atoms with van der Waals surface area (Å²) in [5, 5.41) is 17.0. The highest BCUT2D eigenvalue weighted by Gasteiger charge is 2.28. The molecule has 166 valence electrons. The Bertz CT molecular complexity index is 1250. The molecule has 0 bridgehead atoms. The van der Waals surface area contributed by atoms with Crippen LogP contribution >= 0.6 is 11.8 Å². The monoisotopic (exact) mass is 459 g/mol. The van der Waals surface area contributed by atoms with E-state index in [1.807, 2.05) is 29.3 Å². The minimum Gasteiger partial charge on any atom is -0.459 e. The quantitative estimate of drug-likeness (QED) is 0.443. The van der Waals surface area contributed by atoms with E-state index >= 15 is 0 Å². The second-order valence-electron chi connectivity index (χ2n) is 7.40. The van der Waals surface area contributed by atoms with Crippen molar-refractivity contribution in [2.24, 2.45) is 4.99 Å². The van der Waals surface area contributed by atoms with Crippen LogP contribution in [-0.2, 0) is 6.54 Å². The van der Waals surface area contributed by atoms with E-state index < -0.39 is 0 Å². The van der Waals surface area contributed by atoms with Gasteiger partial charge < -0.3 is 4.42 Å². The molecular formula is C23H21N7O2S. The Hall–Kier alpha value is -3.76. The SMILES string of the molecule is CCC1NN(Cc2ccc(-c3ccccc3-c3nnn[nH]3)cc2)C(=NC(=O)c2ccco2)S1. The van der Waals surface area contributed by atoms with Gasteiger partial charge in [0.2, 0.25) is 0 Å². The number of hydrogen-bond donors (Lipinski definition) is 2. The first-order valence-corrected chi connectivity index (χ1v) is 11.4. The summed E-state index contributed by atoms with van der Waals surface area (Å²) in [6, 6.07) is 19.6. The van der Waals surface area contributed by atoms with Gasteiger partial charge in [-0.25, -0.2) is 10.5 Å². The first kappa shape index (κ1) is 21.1. The zero-order chi connectivity index (χ0) is 22.6. The first-order valence-electron chi connectivity index (χ1n) is 10.5. The Balaban J connectivity index is 1.36. The fourth-order valence-electron chi connectivity index (χ4n) is 3.55. The van der Waals surface area contributed by atoms with Crippen LogP contribution in [0, 0.1) is 0 Å². The molecule has 2 aromatic heterocycles. The highest BCUT2D eigenvalue weighted by Crippen LogP contribution is 2.30. The maximum Gasteiger partial charge on any atom is 0.315 e. The summed E-state index contributed by atoms with van der Waals surface area (Å²) >= 11 is 1.54. The van der Waals surface area contributed by atoms with E-state index in [2.05, 4.69) is 62.2 Å². The molecule has 2 N–H and O–H groups in total. The van der Waals surface area contributed by atoms with Crippen molar-refractivity contribution in [1.82, 2.24) is 31.1 Å². The fraction of sp³-hybridized carbons (Fsp3) is 0.174. The molecule has 1 fully saturated rings. The second kappa shape index (κ2) is 9.39. The molecule has 1 aliphatic heterocycles. The van der Waals surface area contributed by atoms with Crippen molar-refractivity contribution in [1.29, 1.82) is 0 Å². The third kappa shape index (κ3) is 4.57. The zero-order valence-corrected chi connectivity index (χ0v) is 18.6. The molecular weight excluding hydrogens is 438 g/mol. The number of aromatic nitrogens is 4. The molecule has 0 radical (unpaired) electrons. The van der Waals surface area contributed by atoms with E-state index in [4.69, 9.17) is 4.42 Å². The third-order valence-corrected chi connectivity index (χ3v) is 6.46. The van der Waals surface area contributed by atoms with Crippen molar-refractivity contribution in [3.05, 3.63) is 78.3 Å². The summed E-state index contributed by atoms with van der Waals surface area (Å²) in [6.45, 7) is 2.66. The highest BCUT2D eigenvalue weighted by atomic mass is 32.2. The number of aromatic amines is 1. The van der Waals surface area contributed by atoms with Crippen molar-refractivity contribution in [3.63, 3.8) is 0 Å². The Labute approximate surface area is 194 Å². The average molecular weight is 460 g/mol. The molecule has 0 spiro atoms. The molecule has 1 unspecified atom stereocenters. The number of carbonyl (C=O) groups excluding carboxylic acids is 1. The van der Waals surface area contributed by atoms with E-state index in [1.54, 1.807) is 23.9 Å². The average Bonchev–Trinajstić information content (AvgIpc) is 3.62. The number of rotatable bonds is 6. The third-order valence-electron chi connectivity index (χ3n) is 5.21. The number of tetrazole rings is 1. The van der Waals surface area contributed by atoms with Crippen molar-refractivity contribution >= 4 is 22.8 Å². The van der Waals surface area contributed by atoms with E-state index in [9.17, 15) is 4.79 Å². The Morgan fingerprint density at radius 2 is 1.94 bits per heavy atom. The van der Waals surface area contributed by atoms with Gasteiger partial charge in [0.25, 0.3) is 0 Å². The number of amides is 1. The Morgan fingerprint density at radius 3 is 2.64 bits per heavy atom. The maximum atomic E-state index is 12.4. The predicted molar refractivity (Wildman–Crippen MR) is 126 cm³/mol. The molecule has 3 heterocycles. The molecule has 0 saturated carbocycles. The number of hydrazine groups is 1. The molecule has 33 heavy (non-hydrogen) atoms. The lowest BCUT2D eigenvalue weighted by atomic mass is 9.98. The number of benzene rings is 2. The predicted octanol–water partition coefficient (Wildman–Crippen LogP) is 4.11. The fourth-order valence-corrected chi connectivity index (χ4v) is 4.53. The van der Waals surface area contributed by atoms with Gasteiger partial charge in [-0.05, 0) is 45.7 Å². The largest absolute Gasteiger partial charge is 0.459 e. The van der Waals surface area contributed by atoms with Gasteiger partial charge in [0.15, 0.2) is 16.8 Å².